The van der Waals surface area contributed by atoms with Gasteiger partial charge in [0.05, 0.1) is 0 Å². The van der Waals surface area contributed by atoms with E-state index in [2.05, 4.69) is 18.2 Å². The van der Waals surface area contributed by atoms with Crippen LogP contribution in [-0.2, 0) is 0 Å². The van der Waals surface area contributed by atoms with Crippen molar-refractivity contribution < 1.29 is 10.2 Å². The van der Waals surface area contributed by atoms with Gasteiger partial charge in [-0.3, -0.25) is 0 Å². The lowest BCUT2D eigenvalue weighted by molar-refractivity contribution is 0.476. The largest absolute Gasteiger partial charge is 0.508 e. The molecule has 0 amide bonds. The highest BCUT2D eigenvalue weighted by atomic mass is 16.3. The molecule has 2 heteroatoms. The number of benzene rings is 5. The van der Waals surface area contributed by atoms with Gasteiger partial charge in [-0.25, -0.2) is 0 Å². The number of hydrogen-bond acceptors (Lipinski definition) is 2. The molecule has 0 heterocycles. The minimum atomic E-state index is 0.260. The number of hydrogen-bond donors (Lipinski definition) is 2. The fourth-order valence-corrected chi connectivity index (χ4v) is 3.58. The third-order valence-corrected chi connectivity index (χ3v) is 4.77. The Morgan fingerprint density at radius 2 is 1.21 bits per heavy atom. The van der Waals surface area contributed by atoms with Crippen LogP contribution in [0.3, 0.4) is 0 Å². The Bertz CT molecular complexity index is 1270. The van der Waals surface area contributed by atoms with E-state index >= 15 is 0 Å². The van der Waals surface area contributed by atoms with Crippen molar-refractivity contribution in [2.24, 2.45) is 0 Å². The maximum atomic E-state index is 10.7. The number of phenolic OH excluding ortho intramolecular Hbond substituents is 2. The molecule has 0 bridgehead atoms. The highest BCUT2D eigenvalue weighted by Crippen LogP contribution is 2.38. The molecule has 2 nitrogen and oxygen atoms in total. The van der Waals surface area contributed by atoms with Gasteiger partial charge in [-0.15, -0.1) is 0 Å². The van der Waals surface area contributed by atoms with E-state index in [-0.39, 0.29) is 5.75 Å². The van der Waals surface area contributed by atoms with Crippen LogP contribution in [-0.4, -0.2) is 10.2 Å². The van der Waals surface area contributed by atoms with E-state index < -0.39 is 0 Å². The second kappa shape index (κ2) is 4.62. The predicted molar refractivity (Wildman–Crippen MR) is 99.8 cm³/mol. The number of rotatable bonds is 0. The van der Waals surface area contributed by atoms with Crippen LogP contribution in [0.4, 0.5) is 0 Å². The van der Waals surface area contributed by atoms with Gasteiger partial charge in [0.15, 0.2) is 0 Å². The summed E-state index contributed by atoms with van der Waals surface area (Å²) in [6.45, 7) is 0. The van der Waals surface area contributed by atoms with Gasteiger partial charge in [0.2, 0.25) is 0 Å². The van der Waals surface area contributed by atoms with Gasteiger partial charge < -0.3 is 10.2 Å². The maximum absolute atomic E-state index is 10.7. The van der Waals surface area contributed by atoms with Gasteiger partial charge in [0.25, 0.3) is 0 Å². The monoisotopic (exact) mass is 310 g/mol. The molecule has 2 N–H and O–H groups in total. The molecular formula is C22H14O2. The molecule has 0 saturated heterocycles. The first-order chi connectivity index (χ1) is 11.7. The first-order valence-electron chi connectivity index (χ1n) is 7.91. The Balaban J connectivity index is 2.01. The summed E-state index contributed by atoms with van der Waals surface area (Å²) in [5.74, 6) is 0.580. The third kappa shape index (κ3) is 1.77. The molecule has 0 aliphatic heterocycles. The van der Waals surface area contributed by atoms with Gasteiger partial charge in [-0.05, 0) is 62.6 Å². The zero-order valence-corrected chi connectivity index (χ0v) is 12.8. The van der Waals surface area contributed by atoms with Crippen LogP contribution in [0.1, 0.15) is 0 Å². The Kier molecular flexibility index (Phi) is 2.54. The minimum absolute atomic E-state index is 0.260. The van der Waals surface area contributed by atoms with E-state index in [1.54, 1.807) is 12.1 Å². The van der Waals surface area contributed by atoms with Crippen LogP contribution >= 0.6 is 0 Å². The summed E-state index contributed by atoms with van der Waals surface area (Å²) in [4.78, 5) is 0. The van der Waals surface area contributed by atoms with Crippen molar-refractivity contribution in [2.45, 2.75) is 0 Å². The van der Waals surface area contributed by atoms with E-state index in [1.165, 1.54) is 0 Å². The molecule has 0 saturated carbocycles. The Morgan fingerprint density at radius 1 is 0.458 bits per heavy atom. The molecule has 0 aliphatic carbocycles. The highest BCUT2D eigenvalue weighted by Gasteiger charge is 2.10. The van der Waals surface area contributed by atoms with E-state index in [9.17, 15) is 10.2 Å². The molecule has 114 valence electrons. The Morgan fingerprint density at radius 3 is 2.12 bits per heavy atom. The average molecular weight is 310 g/mol. The van der Waals surface area contributed by atoms with Gasteiger partial charge in [0, 0.05) is 10.8 Å². The molecule has 0 unspecified atom stereocenters. The zero-order chi connectivity index (χ0) is 16.3. The summed E-state index contributed by atoms with van der Waals surface area (Å²) in [6, 6.07) is 23.6. The summed E-state index contributed by atoms with van der Waals surface area (Å²) in [5, 5.41) is 28.5. The van der Waals surface area contributed by atoms with E-state index in [1.807, 2.05) is 42.5 Å². The number of phenols is 2. The van der Waals surface area contributed by atoms with Crippen LogP contribution in [0.2, 0.25) is 0 Å². The van der Waals surface area contributed by atoms with Crippen LogP contribution in [0.15, 0.2) is 72.8 Å². The molecule has 0 spiro atoms. The molecular weight excluding hydrogens is 296 g/mol. The van der Waals surface area contributed by atoms with E-state index in [0.717, 1.165) is 43.1 Å². The standard InChI is InChI=1S/C22H14O2/c23-17-7-5-13-9-15-6-8-19-21(20(15)12-16(13)10-17)11-14-3-1-2-4-18(14)22(19)24/h1-12,23-24H. The summed E-state index contributed by atoms with van der Waals surface area (Å²) in [5.41, 5.74) is 0. The van der Waals surface area contributed by atoms with Crippen molar-refractivity contribution in [3.05, 3.63) is 72.8 Å². The van der Waals surface area contributed by atoms with E-state index in [4.69, 9.17) is 0 Å². The smallest absolute Gasteiger partial charge is 0.131 e. The molecule has 0 aliphatic rings. The van der Waals surface area contributed by atoms with Crippen LogP contribution in [0, 0.1) is 0 Å². The van der Waals surface area contributed by atoms with Gasteiger partial charge in [-0.2, -0.15) is 0 Å². The molecule has 5 rings (SSSR count). The topological polar surface area (TPSA) is 40.5 Å². The van der Waals surface area contributed by atoms with Crippen molar-refractivity contribution in [1.82, 2.24) is 0 Å². The average Bonchev–Trinajstić information content (AvgIpc) is 2.60. The third-order valence-electron chi connectivity index (χ3n) is 4.77. The lowest BCUT2D eigenvalue weighted by Crippen LogP contribution is -1.83. The summed E-state index contributed by atoms with van der Waals surface area (Å²) >= 11 is 0. The molecule has 0 aromatic heterocycles. The normalized spacial score (nSPS) is 11.7. The lowest BCUT2D eigenvalue weighted by Gasteiger charge is -2.10. The maximum Gasteiger partial charge on any atom is 0.131 e. The number of fused-ring (bicyclic) bond motifs is 5. The van der Waals surface area contributed by atoms with Crippen LogP contribution < -0.4 is 0 Å². The molecule has 0 atom stereocenters. The molecule has 0 radical (unpaired) electrons. The second-order valence-corrected chi connectivity index (χ2v) is 6.21. The SMILES string of the molecule is Oc1ccc2cc3ccc4c(O)c5ccccc5cc4c3cc2c1. The highest BCUT2D eigenvalue weighted by molar-refractivity contribution is 6.17. The van der Waals surface area contributed by atoms with Crippen LogP contribution in [0.5, 0.6) is 11.5 Å². The number of aromatic hydroxyl groups is 2. The van der Waals surface area contributed by atoms with Crippen molar-refractivity contribution >= 4 is 43.1 Å². The molecule has 24 heavy (non-hydrogen) atoms. The van der Waals surface area contributed by atoms with Crippen molar-refractivity contribution in [2.75, 3.05) is 0 Å². The Hall–Kier alpha value is -3.26. The predicted octanol–water partition coefficient (Wildman–Crippen LogP) is 5.71. The first kappa shape index (κ1) is 13.2. The Labute approximate surface area is 138 Å². The van der Waals surface area contributed by atoms with Crippen molar-refractivity contribution in [3.8, 4) is 11.5 Å². The quantitative estimate of drug-likeness (QED) is 0.284. The summed E-state index contributed by atoms with van der Waals surface area (Å²) in [7, 11) is 0. The van der Waals surface area contributed by atoms with Crippen molar-refractivity contribution in [3.63, 3.8) is 0 Å². The van der Waals surface area contributed by atoms with Gasteiger partial charge in [0.1, 0.15) is 11.5 Å². The minimum Gasteiger partial charge on any atom is -0.508 e. The summed E-state index contributed by atoms with van der Waals surface area (Å²) in [6.07, 6.45) is 0. The first-order valence-corrected chi connectivity index (χ1v) is 7.91. The van der Waals surface area contributed by atoms with Crippen LogP contribution in [0.25, 0.3) is 43.1 Å². The molecule has 5 aromatic carbocycles. The van der Waals surface area contributed by atoms with Gasteiger partial charge >= 0.3 is 0 Å². The zero-order valence-electron chi connectivity index (χ0n) is 12.8. The van der Waals surface area contributed by atoms with E-state index in [0.29, 0.717) is 5.75 Å². The lowest BCUT2D eigenvalue weighted by atomic mass is 9.95. The fraction of sp³-hybridized carbons (Fsp3) is 0. The molecule has 5 aromatic rings. The van der Waals surface area contributed by atoms with Gasteiger partial charge in [-0.1, -0.05) is 42.5 Å². The molecule has 0 fully saturated rings. The summed E-state index contributed by atoms with van der Waals surface area (Å²) < 4.78 is 0. The van der Waals surface area contributed by atoms with Crippen molar-refractivity contribution in [1.29, 1.82) is 0 Å². The second-order valence-electron chi connectivity index (χ2n) is 6.21. The fourth-order valence-electron chi connectivity index (χ4n) is 3.58.